The van der Waals surface area contributed by atoms with Crippen LogP contribution >= 0.6 is 0 Å². The van der Waals surface area contributed by atoms with Crippen LogP contribution in [0.3, 0.4) is 0 Å². The van der Waals surface area contributed by atoms with Crippen LogP contribution < -0.4 is 0 Å². The number of hydrogen-bond acceptors (Lipinski definition) is 5. The first kappa shape index (κ1) is 12.3. The fourth-order valence-corrected chi connectivity index (χ4v) is 2.44. The third-order valence-corrected chi connectivity index (χ3v) is 3.38. The van der Waals surface area contributed by atoms with Crippen molar-refractivity contribution in [3.05, 3.63) is 42.2 Å². The van der Waals surface area contributed by atoms with Crippen LogP contribution in [0.25, 0.3) is 0 Å². The number of aliphatic hydroxyl groups excluding tert-OH is 1. The maximum absolute atomic E-state index is 10.1. The highest BCUT2D eigenvalue weighted by molar-refractivity contribution is 5.18. The number of hydrogen-bond donors (Lipinski definition) is 1. The summed E-state index contributed by atoms with van der Waals surface area (Å²) in [5.41, 5.74) is 2.30. The molecule has 6 heteroatoms. The summed E-state index contributed by atoms with van der Waals surface area (Å²) in [4.78, 5) is 10.6. The van der Waals surface area contributed by atoms with Crippen LogP contribution in [-0.2, 0) is 19.5 Å². The predicted molar refractivity (Wildman–Crippen MR) is 69.2 cm³/mol. The minimum Gasteiger partial charge on any atom is -0.390 e. The van der Waals surface area contributed by atoms with Gasteiger partial charge in [0.25, 0.3) is 0 Å². The van der Waals surface area contributed by atoms with Gasteiger partial charge in [-0.15, -0.1) is 0 Å². The van der Waals surface area contributed by atoms with Crippen molar-refractivity contribution in [1.29, 1.82) is 0 Å². The van der Waals surface area contributed by atoms with Crippen LogP contribution in [0.5, 0.6) is 0 Å². The van der Waals surface area contributed by atoms with Gasteiger partial charge in [0.05, 0.1) is 18.3 Å². The summed E-state index contributed by atoms with van der Waals surface area (Å²) in [5.74, 6) is 0. The number of β-amino-alcohol motifs (C(OH)–C–C–N with tert-alkyl or cyclic N) is 1. The standard InChI is InChI=1S/C13H17N5O/c19-12(8-18-4-1-3-16-18)7-17-5-2-11-6-14-10-15-13(11)9-17/h1,3-4,6,10,12,19H,2,5,7-9H2. The van der Waals surface area contributed by atoms with Gasteiger partial charge >= 0.3 is 0 Å². The smallest absolute Gasteiger partial charge is 0.115 e. The van der Waals surface area contributed by atoms with E-state index < -0.39 is 6.10 Å². The second-order valence-electron chi connectivity index (χ2n) is 4.86. The molecular formula is C13H17N5O. The zero-order valence-electron chi connectivity index (χ0n) is 10.7. The van der Waals surface area contributed by atoms with Crippen LogP contribution in [0, 0.1) is 0 Å². The summed E-state index contributed by atoms with van der Waals surface area (Å²) in [5, 5.41) is 14.2. The molecule has 0 saturated heterocycles. The molecule has 3 heterocycles. The molecule has 0 spiro atoms. The molecule has 19 heavy (non-hydrogen) atoms. The fraction of sp³-hybridized carbons (Fsp3) is 0.462. The molecule has 6 nitrogen and oxygen atoms in total. The molecule has 1 aliphatic rings. The van der Waals surface area contributed by atoms with Crippen LogP contribution in [0.2, 0.25) is 0 Å². The number of aliphatic hydroxyl groups is 1. The first-order valence-corrected chi connectivity index (χ1v) is 6.47. The van der Waals surface area contributed by atoms with Gasteiger partial charge in [-0.25, -0.2) is 9.97 Å². The molecule has 2 aromatic rings. The molecular weight excluding hydrogens is 242 g/mol. The lowest BCUT2D eigenvalue weighted by molar-refractivity contribution is 0.0880. The van der Waals surface area contributed by atoms with Crippen LogP contribution in [-0.4, -0.2) is 48.9 Å². The number of aromatic nitrogens is 4. The molecule has 0 aromatic carbocycles. The minimum atomic E-state index is -0.414. The molecule has 0 fully saturated rings. The molecule has 1 unspecified atom stereocenters. The van der Waals surface area contributed by atoms with Crippen molar-refractivity contribution >= 4 is 0 Å². The molecule has 0 saturated carbocycles. The summed E-state index contributed by atoms with van der Waals surface area (Å²) in [6.07, 6.45) is 7.60. The minimum absolute atomic E-state index is 0.414. The van der Waals surface area contributed by atoms with Crippen molar-refractivity contribution in [1.82, 2.24) is 24.6 Å². The van der Waals surface area contributed by atoms with Crippen LogP contribution in [0.15, 0.2) is 31.0 Å². The highest BCUT2D eigenvalue weighted by atomic mass is 16.3. The Balaban J connectivity index is 1.57. The van der Waals surface area contributed by atoms with E-state index in [0.29, 0.717) is 13.1 Å². The maximum Gasteiger partial charge on any atom is 0.115 e. The lowest BCUT2D eigenvalue weighted by Gasteiger charge is -2.29. The number of nitrogens with zero attached hydrogens (tertiary/aromatic N) is 5. The zero-order chi connectivity index (χ0) is 13.1. The topological polar surface area (TPSA) is 67.1 Å². The van der Waals surface area contributed by atoms with Gasteiger partial charge in [-0.1, -0.05) is 0 Å². The summed E-state index contributed by atoms with van der Waals surface area (Å²) in [6, 6.07) is 1.86. The lowest BCUT2D eigenvalue weighted by Crippen LogP contribution is -2.38. The Kier molecular flexibility index (Phi) is 3.52. The number of fused-ring (bicyclic) bond motifs is 1. The monoisotopic (exact) mass is 259 g/mol. The Hall–Kier alpha value is -1.79. The average Bonchev–Trinajstić information content (AvgIpc) is 2.91. The number of rotatable bonds is 4. The SMILES string of the molecule is OC(CN1CCc2cncnc2C1)Cn1cccn1. The molecule has 2 aromatic heterocycles. The highest BCUT2D eigenvalue weighted by Crippen LogP contribution is 2.15. The van der Waals surface area contributed by atoms with Gasteiger partial charge in [-0.3, -0.25) is 9.58 Å². The van der Waals surface area contributed by atoms with E-state index in [1.54, 1.807) is 17.2 Å². The van der Waals surface area contributed by atoms with E-state index in [2.05, 4.69) is 20.0 Å². The van der Waals surface area contributed by atoms with Crippen molar-refractivity contribution < 1.29 is 5.11 Å². The predicted octanol–water partition coefficient (Wildman–Crippen LogP) is 0.0923. The van der Waals surface area contributed by atoms with Gasteiger partial charge in [0.2, 0.25) is 0 Å². The summed E-state index contributed by atoms with van der Waals surface area (Å²) >= 11 is 0. The average molecular weight is 259 g/mol. The highest BCUT2D eigenvalue weighted by Gasteiger charge is 2.19. The summed E-state index contributed by atoms with van der Waals surface area (Å²) in [7, 11) is 0. The zero-order valence-corrected chi connectivity index (χ0v) is 10.7. The second kappa shape index (κ2) is 5.46. The molecule has 0 radical (unpaired) electrons. The van der Waals surface area contributed by atoms with Gasteiger partial charge in [-0.05, 0) is 18.1 Å². The summed E-state index contributed by atoms with van der Waals surface area (Å²) < 4.78 is 1.75. The van der Waals surface area contributed by atoms with E-state index in [-0.39, 0.29) is 0 Å². The first-order chi connectivity index (χ1) is 9.31. The molecule has 0 amide bonds. The van der Waals surface area contributed by atoms with Gasteiger partial charge in [-0.2, -0.15) is 5.10 Å². The Morgan fingerprint density at radius 2 is 2.32 bits per heavy atom. The van der Waals surface area contributed by atoms with Crippen molar-refractivity contribution in [2.24, 2.45) is 0 Å². The third kappa shape index (κ3) is 2.97. The second-order valence-corrected chi connectivity index (χ2v) is 4.86. The van der Waals surface area contributed by atoms with E-state index in [4.69, 9.17) is 0 Å². The van der Waals surface area contributed by atoms with Crippen LogP contribution in [0.4, 0.5) is 0 Å². The van der Waals surface area contributed by atoms with Crippen molar-refractivity contribution in [2.75, 3.05) is 13.1 Å². The van der Waals surface area contributed by atoms with Crippen molar-refractivity contribution in [2.45, 2.75) is 25.6 Å². The van der Waals surface area contributed by atoms with Gasteiger partial charge in [0, 0.05) is 38.2 Å². The van der Waals surface area contributed by atoms with E-state index in [9.17, 15) is 5.11 Å². The van der Waals surface area contributed by atoms with Crippen LogP contribution in [0.1, 0.15) is 11.3 Å². The first-order valence-electron chi connectivity index (χ1n) is 6.47. The Morgan fingerprint density at radius 1 is 1.37 bits per heavy atom. The van der Waals surface area contributed by atoms with E-state index >= 15 is 0 Å². The van der Waals surface area contributed by atoms with Gasteiger partial charge in [0.1, 0.15) is 6.33 Å². The molecule has 100 valence electrons. The molecule has 3 rings (SSSR count). The Labute approximate surface area is 111 Å². The normalized spacial score (nSPS) is 17.1. The summed E-state index contributed by atoms with van der Waals surface area (Å²) in [6.45, 7) is 2.90. The molecule has 0 bridgehead atoms. The molecule has 0 aliphatic carbocycles. The lowest BCUT2D eigenvalue weighted by atomic mass is 10.1. The largest absolute Gasteiger partial charge is 0.390 e. The van der Waals surface area contributed by atoms with E-state index in [1.807, 2.05) is 18.5 Å². The molecule has 1 aliphatic heterocycles. The van der Waals surface area contributed by atoms with E-state index in [1.165, 1.54) is 5.56 Å². The maximum atomic E-state index is 10.1. The van der Waals surface area contributed by atoms with Crippen molar-refractivity contribution in [3.8, 4) is 0 Å². The molecule has 1 atom stereocenters. The van der Waals surface area contributed by atoms with Gasteiger partial charge in [0.15, 0.2) is 0 Å². The van der Waals surface area contributed by atoms with Gasteiger partial charge < -0.3 is 5.11 Å². The quantitative estimate of drug-likeness (QED) is 0.843. The molecule has 1 N–H and O–H groups in total. The van der Waals surface area contributed by atoms with E-state index in [0.717, 1.165) is 25.2 Å². The Morgan fingerprint density at radius 3 is 3.16 bits per heavy atom. The Bertz CT molecular complexity index is 528. The fourth-order valence-electron chi connectivity index (χ4n) is 2.44. The van der Waals surface area contributed by atoms with Crippen molar-refractivity contribution in [3.63, 3.8) is 0 Å². The third-order valence-electron chi connectivity index (χ3n) is 3.38.